The minimum absolute atomic E-state index is 0.0286. The Morgan fingerprint density at radius 1 is 1.21 bits per heavy atom. The Hall–Kier alpha value is -2.38. The van der Waals surface area contributed by atoms with Crippen LogP contribution in [-0.2, 0) is 4.79 Å². The van der Waals surface area contributed by atoms with Crippen LogP contribution in [0.25, 0.3) is 10.9 Å². The Labute approximate surface area is 139 Å². The molecule has 0 saturated heterocycles. The molecule has 7 nitrogen and oxygen atoms in total. The maximum atomic E-state index is 11.4. The Balaban J connectivity index is 1.90. The lowest BCUT2D eigenvalue weighted by atomic mass is 10.0. The molecule has 24 heavy (non-hydrogen) atoms. The molecule has 0 bridgehead atoms. The minimum Gasteiger partial charge on any atom is -0.506 e. The van der Waals surface area contributed by atoms with E-state index >= 15 is 0 Å². The summed E-state index contributed by atoms with van der Waals surface area (Å²) in [6.45, 7) is 4.87. The summed E-state index contributed by atoms with van der Waals surface area (Å²) in [5.41, 5.74) is 0.649. The molecule has 2 aromatic rings. The second kappa shape index (κ2) is 8.47. The number of benzene rings is 1. The largest absolute Gasteiger partial charge is 0.506 e. The molecule has 1 radical (unpaired) electrons. The Kier molecular flexibility index (Phi) is 6.34. The number of nitrogens with one attached hydrogen (secondary N) is 3. The van der Waals surface area contributed by atoms with Gasteiger partial charge in [-0.1, -0.05) is 6.07 Å². The van der Waals surface area contributed by atoms with Crippen LogP contribution in [0.1, 0.15) is 24.5 Å². The molecule has 1 aromatic carbocycles. The number of aliphatic hydroxyl groups excluding tert-OH is 1. The zero-order valence-corrected chi connectivity index (χ0v) is 13.3. The molecular weight excluding hydrogens is 310 g/mol. The number of aromatic amines is 1. The molecule has 5 N–H and O–H groups in total. The molecule has 0 spiro atoms. The summed E-state index contributed by atoms with van der Waals surface area (Å²) >= 11 is 0. The molecule has 1 atom stereocenters. The quantitative estimate of drug-likeness (QED) is 0.454. The summed E-state index contributed by atoms with van der Waals surface area (Å²) in [4.78, 5) is 24.6. The van der Waals surface area contributed by atoms with Gasteiger partial charge in [0, 0.05) is 31.5 Å². The maximum absolute atomic E-state index is 11.4. The van der Waals surface area contributed by atoms with Gasteiger partial charge in [0.2, 0.25) is 11.5 Å². The van der Waals surface area contributed by atoms with Crippen LogP contribution in [0.5, 0.6) is 5.75 Å². The number of amides is 1. The van der Waals surface area contributed by atoms with Crippen molar-refractivity contribution in [2.75, 3.05) is 19.6 Å². The SMILES string of the molecule is [CH2]C(=O)NCCCCNC[C@@H](O)c1ccc(O)c2[nH]c(=O)ccc12. The highest BCUT2D eigenvalue weighted by Crippen LogP contribution is 2.28. The predicted molar refractivity (Wildman–Crippen MR) is 91.7 cm³/mol. The first-order valence-electron chi connectivity index (χ1n) is 7.82. The van der Waals surface area contributed by atoms with Crippen LogP contribution in [0.2, 0.25) is 0 Å². The van der Waals surface area contributed by atoms with Crippen LogP contribution in [0.3, 0.4) is 0 Å². The Morgan fingerprint density at radius 2 is 1.96 bits per heavy atom. The van der Waals surface area contributed by atoms with Gasteiger partial charge < -0.3 is 25.8 Å². The van der Waals surface area contributed by atoms with E-state index in [0.29, 0.717) is 36.1 Å². The Morgan fingerprint density at radius 3 is 2.71 bits per heavy atom. The van der Waals surface area contributed by atoms with Crippen molar-refractivity contribution in [1.29, 1.82) is 0 Å². The van der Waals surface area contributed by atoms with Crippen LogP contribution in [0, 0.1) is 6.92 Å². The third-order valence-electron chi connectivity index (χ3n) is 3.71. The molecule has 0 saturated carbocycles. The van der Waals surface area contributed by atoms with Gasteiger partial charge in [0.25, 0.3) is 0 Å². The van der Waals surface area contributed by atoms with Crippen molar-refractivity contribution >= 4 is 16.8 Å². The maximum Gasteiger partial charge on any atom is 0.248 e. The number of phenols is 1. The fourth-order valence-electron chi connectivity index (χ4n) is 2.50. The van der Waals surface area contributed by atoms with E-state index in [4.69, 9.17) is 0 Å². The summed E-state index contributed by atoms with van der Waals surface area (Å²) in [7, 11) is 0. The van der Waals surface area contributed by atoms with E-state index in [1.807, 2.05) is 0 Å². The molecule has 0 aliphatic heterocycles. The third-order valence-corrected chi connectivity index (χ3v) is 3.71. The average Bonchev–Trinajstić information content (AvgIpc) is 2.54. The van der Waals surface area contributed by atoms with Crippen molar-refractivity contribution < 1.29 is 15.0 Å². The van der Waals surface area contributed by atoms with E-state index in [2.05, 4.69) is 22.5 Å². The van der Waals surface area contributed by atoms with Crippen LogP contribution in [-0.4, -0.2) is 40.7 Å². The lowest BCUT2D eigenvalue weighted by molar-refractivity contribution is -0.116. The summed E-state index contributed by atoms with van der Waals surface area (Å²) in [5, 5.41) is 26.6. The van der Waals surface area contributed by atoms with Gasteiger partial charge in [-0.3, -0.25) is 9.59 Å². The molecule has 2 rings (SSSR count). The second-order valence-electron chi connectivity index (χ2n) is 5.56. The number of aromatic hydroxyl groups is 1. The normalized spacial score (nSPS) is 12.2. The van der Waals surface area contributed by atoms with Crippen molar-refractivity contribution in [1.82, 2.24) is 15.6 Å². The van der Waals surface area contributed by atoms with Gasteiger partial charge in [0.15, 0.2) is 0 Å². The number of carbonyl (C=O) groups is 1. The van der Waals surface area contributed by atoms with E-state index in [9.17, 15) is 19.8 Å². The molecule has 1 aromatic heterocycles. The molecule has 0 aliphatic carbocycles. The van der Waals surface area contributed by atoms with E-state index in [-0.39, 0.29) is 17.2 Å². The van der Waals surface area contributed by atoms with Gasteiger partial charge in [-0.2, -0.15) is 0 Å². The first-order chi connectivity index (χ1) is 11.5. The number of carbonyl (C=O) groups excluding carboxylic acids is 1. The Bertz CT molecular complexity index is 757. The molecule has 0 aliphatic rings. The molecule has 1 amide bonds. The second-order valence-corrected chi connectivity index (χ2v) is 5.56. The van der Waals surface area contributed by atoms with E-state index in [1.165, 1.54) is 12.1 Å². The predicted octanol–water partition coefficient (Wildman–Crippen LogP) is 0.587. The zero-order chi connectivity index (χ0) is 17.5. The van der Waals surface area contributed by atoms with Crippen molar-refractivity contribution in [3.8, 4) is 5.75 Å². The smallest absolute Gasteiger partial charge is 0.248 e. The number of phenolic OH excluding ortho intramolecular Hbond substituents is 1. The van der Waals surface area contributed by atoms with Crippen LogP contribution in [0.15, 0.2) is 29.1 Å². The van der Waals surface area contributed by atoms with E-state index < -0.39 is 6.10 Å². The summed E-state index contributed by atoms with van der Waals surface area (Å²) in [6, 6.07) is 6.06. The van der Waals surface area contributed by atoms with Gasteiger partial charge in [-0.25, -0.2) is 0 Å². The number of aliphatic hydroxyl groups is 1. The fraction of sp³-hybridized carbons (Fsp3) is 0.353. The van der Waals surface area contributed by atoms with Crippen LogP contribution < -0.4 is 16.2 Å². The molecule has 7 heteroatoms. The van der Waals surface area contributed by atoms with Gasteiger partial charge in [0.05, 0.1) is 11.6 Å². The topological polar surface area (TPSA) is 114 Å². The van der Waals surface area contributed by atoms with E-state index in [0.717, 1.165) is 12.8 Å². The van der Waals surface area contributed by atoms with Crippen LogP contribution >= 0.6 is 0 Å². The highest BCUT2D eigenvalue weighted by atomic mass is 16.3. The molecule has 129 valence electrons. The number of fused-ring (bicyclic) bond motifs is 1. The standard InChI is InChI=1S/C17H22N3O4/c1-11(21)19-9-3-2-8-18-10-15(23)12-4-6-14(22)17-13(12)5-7-16(24)20-17/h4-7,15,18,22-23H,1-3,8-10H2,(H,19,21)(H,20,24)/t15-/m1/s1. The number of hydrogen-bond acceptors (Lipinski definition) is 5. The third kappa shape index (κ3) is 4.81. The molecule has 1 heterocycles. The van der Waals surface area contributed by atoms with Gasteiger partial charge in [-0.15, -0.1) is 0 Å². The first kappa shape index (κ1) is 18.0. The van der Waals surface area contributed by atoms with Crippen molar-refractivity contribution in [2.45, 2.75) is 18.9 Å². The molecule has 0 unspecified atom stereocenters. The van der Waals surface area contributed by atoms with Crippen molar-refractivity contribution in [3.05, 3.63) is 47.1 Å². The minimum atomic E-state index is -0.765. The summed E-state index contributed by atoms with van der Waals surface area (Å²) in [6.07, 6.45) is 0.920. The average molecular weight is 332 g/mol. The number of pyridine rings is 1. The van der Waals surface area contributed by atoms with Crippen LogP contribution in [0.4, 0.5) is 0 Å². The lowest BCUT2D eigenvalue weighted by Gasteiger charge is -2.15. The van der Waals surface area contributed by atoms with Crippen molar-refractivity contribution in [3.63, 3.8) is 0 Å². The summed E-state index contributed by atoms with van der Waals surface area (Å²) in [5.74, 6) is -0.310. The van der Waals surface area contributed by atoms with Crippen molar-refractivity contribution in [2.24, 2.45) is 0 Å². The van der Waals surface area contributed by atoms with E-state index in [1.54, 1.807) is 12.1 Å². The molecule has 0 fully saturated rings. The lowest BCUT2D eigenvalue weighted by Crippen LogP contribution is -2.25. The highest BCUT2D eigenvalue weighted by molar-refractivity contribution is 5.87. The van der Waals surface area contributed by atoms with Gasteiger partial charge >= 0.3 is 0 Å². The number of hydrogen-bond donors (Lipinski definition) is 5. The fourth-order valence-corrected chi connectivity index (χ4v) is 2.50. The molecular formula is C17H22N3O4. The van der Waals surface area contributed by atoms with Gasteiger partial charge in [-0.05, 0) is 37.1 Å². The first-order valence-corrected chi connectivity index (χ1v) is 7.82. The number of aromatic nitrogens is 1. The number of unbranched alkanes of at least 4 members (excludes halogenated alkanes) is 1. The number of rotatable bonds is 8. The summed E-state index contributed by atoms with van der Waals surface area (Å²) < 4.78 is 0. The van der Waals surface area contributed by atoms with Gasteiger partial charge in [0.1, 0.15) is 5.75 Å². The number of H-pyrrole nitrogens is 1. The zero-order valence-electron chi connectivity index (χ0n) is 13.3. The monoisotopic (exact) mass is 332 g/mol. The highest BCUT2D eigenvalue weighted by Gasteiger charge is 2.13.